The third-order valence-electron chi connectivity index (χ3n) is 6.08. The molecular weight excluding hydrogens is 406 g/mol. The second-order valence-electron chi connectivity index (χ2n) is 7.85. The Balaban J connectivity index is 1.53. The number of carbonyl (C=O) groups is 1. The number of carbonyl (C=O) groups excluding carboxylic acids is 1. The Morgan fingerprint density at radius 3 is 2.45 bits per heavy atom. The highest BCUT2D eigenvalue weighted by Crippen LogP contribution is 2.48. The number of benzene rings is 1. The lowest BCUT2D eigenvalue weighted by Gasteiger charge is -2.43. The first-order valence-corrected chi connectivity index (χ1v) is 10.5. The largest absolute Gasteiger partial charge is 0.360 e. The number of hydrogen-bond acceptors (Lipinski definition) is 4. The van der Waals surface area contributed by atoms with Crippen LogP contribution in [0, 0.1) is 13.5 Å². The Kier molecular flexibility index (Phi) is 4.53. The molecule has 1 spiro atoms. The van der Waals surface area contributed by atoms with Crippen LogP contribution < -0.4 is 9.80 Å². The van der Waals surface area contributed by atoms with E-state index in [2.05, 4.69) is 14.8 Å². The predicted molar refractivity (Wildman–Crippen MR) is 124 cm³/mol. The summed E-state index contributed by atoms with van der Waals surface area (Å²) >= 11 is 5.81. The topological polar surface area (TPSA) is 53.7 Å². The van der Waals surface area contributed by atoms with Crippen LogP contribution in [-0.2, 0) is 4.79 Å². The lowest BCUT2D eigenvalue weighted by Crippen LogP contribution is -2.55. The van der Waals surface area contributed by atoms with Gasteiger partial charge in [0, 0.05) is 17.4 Å². The molecule has 5 rings (SSSR count). The summed E-state index contributed by atoms with van der Waals surface area (Å²) in [6.45, 7) is 9.03. The monoisotopic (exact) mass is 425 g/mol. The lowest BCUT2D eigenvalue weighted by atomic mass is 9.75. The highest BCUT2D eigenvalue weighted by atomic mass is 32.1. The molecule has 1 aromatic carbocycles. The summed E-state index contributed by atoms with van der Waals surface area (Å²) in [7, 11) is 0. The third kappa shape index (κ3) is 2.91. The molecule has 1 aliphatic heterocycles. The molecule has 7 heteroatoms. The summed E-state index contributed by atoms with van der Waals surface area (Å²) in [5.41, 5.74) is 3.49. The molecular formula is C24H19N5OS. The number of amides is 1. The van der Waals surface area contributed by atoms with Gasteiger partial charge in [-0.1, -0.05) is 24.8 Å². The van der Waals surface area contributed by atoms with Gasteiger partial charge in [-0.15, -0.1) is 4.98 Å². The molecule has 0 bridgehead atoms. The zero-order valence-corrected chi connectivity index (χ0v) is 17.8. The Morgan fingerprint density at radius 2 is 1.87 bits per heavy atom. The summed E-state index contributed by atoms with van der Waals surface area (Å²) in [6.07, 6.45) is 5.84. The maximum Gasteiger partial charge on any atom is 0.272 e. The zero-order valence-electron chi connectivity index (χ0n) is 16.9. The van der Waals surface area contributed by atoms with Gasteiger partial charge in [0.05, 0.1) is 11.4 Å². The standard InChI is InChI=1S/C24H19N5OS/c1-16-14-19(15-27-21(16)25-2)28-22(30)24(11-5-12-24)29(23(28)31)18-9-7-17(8-10-18)20-6-3-4-13-26-20/h3-4,6-10,13-15H,5,11-12H2,1H3. The van der Waals surface area contributed by atoms with Crippen LogP contribution in [-0.4, -0.2) is 26.5 Å². The van der Waals surface area contributed by atoms with Crippen LogP contribution in [0.2, 0.25) is 0 Å². The molecule has 1 saturated heterocycles. The van der Waals surface area contributed by atoms with Gasteiger partial charge in [0.1, 0.15) is 11.7 Å². The SMILES string of the molecule is [C-]#[N+]c1ncc(N2C(=O)C3(CCC3)N(c3ccc(-c4ccccn4)cc3)C2=S)cc1C. The van der Waals surface area contributed by atoms with Crippen molar-refractivity contribution in [3.63, 3.8) is 0 Å². The van der Waals surface area contributed by atoms with E-state index < -0.39 is 5.54 Å². The number of anilines is 2. The Labute approximate surface area is 186 Å². The van der Waals surface area contributed by atoms with E-state index in [0.717, 1.165) is 41.8 Å². The molecule has 2 aliphatic rings. The Morgan fingerprint density at radius 1 is 1.10 bits per heavy atom. The van der Waals surface area contributed by atoms with Crippen molar-refractivity contribution in [3.8, 4) is 11.3 Å². The van der Waals surface area contributed by atoms with Gasteiger partial charge in [-0.05, 0) is 74.3 Å². The molecule has 0 radical (unpaired) electrons. The minimum absolute atomic E-state index is 0.0192. The summed E-state index contributed by atoms with van der Waals surface area (Å²) in [5, 5.41) is 0.451. The van der Waals surface area contributed by atoms with Crippen molar-refractivity contribution in [2.75, 3.05) is 9.80 Å². The fraction of sp³-hybridized carbons (Fsp3) is 0.208. The molecule has 0 atom stereocenters. The van der Waals surface area contributed by atoms with E-state index in [9.17, 15) is 4.79 Å². The van der Waals surface area contributed by atoms with E-state index in [1.165, 1.54) is 0 Å². The van der Waals surface area contributed by atoms with Crippen LogP contribution in [0.5, 0.6) is 0 Å². The maximum absolute atomic E-state index is 13.6. The molecule has 6 nitrogen and oxygen atoms in total. The first-order valence-electron chi connectivity index (χ1n) is 10.1. The molecule has 1 aliphatic carbocycles. The molecule has 2 aromatic heterocycles. The summed E-state index contributed by atoms with van der Waals surface area (Å²) in [6, 6.07) is 15.6. The van der Waals surface area contributed by atoms with E-state index in [-0.39, 0.29) is 5.91 Å². The predicted octanol–water partition coefficient (Wildman–Crippen LogP) is 5.06. The molecule has 3 aromatic rings. The molecule has 31 heavy (non-hydrogen) atoms. The Hall–Kier alpha value is -3.63. The fourth-order valence-corrected chi connectivity index (χ4v) is 4.78. The fourth-order valence-electron chi connectivity index (χ4n) is 4.31. The number of rotatable bonds is 3. The average Bonchev–Trinajstić information content (AvgIpc) is 3.01. The van der Waals surface area contributed by atoms with Gasteiger partial charge < -0.3 is 9.74 Å². The first-order chi connectivity index (χ1) is 15.0. The van der Waals surface area contributed by atoms with Gasteiger partial charge in [0.25, 0.3) is 11.7 Å². The molecule has 3 heterocycles. The van der Waals surface area contributed by atoms with Crippen molar-refractivity contribution in [1.29, 1.82) is 0 Å². The molecule has 1 saturated carbocycles. The van der Waals surface area contributed by atoms with Crippen LogP contribution in [0.15, 0.2) is 60.9 Å². The van der Waals surface area contributed by atoms with Crippen molar-refractivity contribution >= 4 is 40.4 Å². The number of aromatic nitrogens is 2. The van der Waals surface area contributed by atoms with E-state index in [1.807, 2.05) is 60.4 Å². The van der Waals surface area contributed by atoms with Crippen LogP contribution in [0.3, 0.4) is 0 Å². The number of pyridine rings is 2. The van der Waals surface area contributed by atoms with Gasteiger partial charge in [0.15, 0.2) is 5.11 Å². The number of aryl methyl sites for hydroxylation is 1. The van der Waals surface area contributed by atoms with Crippen molar-refractivity contribution in [2.45, 2.75) is 31.7 Å². The van der Waals surface area contributed by atoms with Crippen LogP contribution in [0.4, 0.5) is 17.2 Å². The van der Waals surface area contributed by atoms with Crippen molar-refractivity contribution in [1.82, 2.24) is 9.97 Å². The quantitative estimate of drug-likeness (QED) is 0.433. The van der Waals surface area contributed by atoms with Gasteiger partial charge in [-0.3, -0.25) is 14.7 Å². The zero-order chi connectivity index (χ0) is 21.6. The van der Waals surface area contributed by atoms with E-state index >= 15 is 0 Å². The molecule has 152 valence electrons. The van der Waals surface area contributed by atoms with E-state index in [0.29, 0.717) is 16.6 Å². The normalized spacial score (nSPS) is 17.0. The number of nitrogens with zero attached hydrogens (tertiary/aromatic N) is 5. The molecule has 0 unspecified atom stereocenters. The average molecular weight is 426 g/mol. The van der Waals surface area contributed by atoms with E-state index in [4.69, 9.17) is 18.8 Å². The highest BCUT2D eigenvalue weighted by Gasteiger charge is 2.59. The first kappa shape index (κ1) is 19.3. The summed E-state index contributed by atoms with van der Waals surface area (Å²) < 4.78 is 0. The van der Waals surface area contributed by atoms with Crippen LogP contribution in [0.25, 0.3) is 16.1 Å². The van der Waals surface area contributed by atoms with Crippen molar-refractivity contribution < 1.29 is 4.79 Å². The summed E-state index contributed by atoms with van der Waals surface area (Å²) in [5.74, 6) is 0.316. The van der Waals surface area contributed by atoms with Gasteiger partial charge >= 0.3 is 0 Å². The molecule has 0 N–H and O–H groups in total. The summed E-state index contributed by atoms with van der Waals surface area (Å²) in [4.78, 5) is 29.2. The maximum atomic E-state index is 13.6. The van der Waals surface area contributed by atoms with E-state index in [1.54, 1.807) is 17.3 Å². The van der Waals surface area contributed by atoms with Crippen molar-refractivity contribution in [3.05, 3.63) is 77.9 Å². The molecule has 1 amide bonds. The highest BCUT2D eigenvalue weighted by molar-refractivity contribution is 7.81. The van der Waals surface area contributed by atoms with Crippen LogP contribution >= 0.6 is 12.2 Å². The molecule has 2 fully saturated rings. The minimum Gasteiger partial charge on any atom is -0.360 e. The minimum atomic E-state index is -0.643. The second-order valence-corrected chi connectivity index (χ2v) is 8.22. The van der Waals surface area contributed by atoms with Crippen molar-refractivity contribution in [2.24, 2.45) is 0 Å². The van der Waals surface area contributed by atoms with Gasteiger partial charge in [-0.25, -0.2) is 0 Å². The second kappa shape index (κ2) is 7.25. The Bertz CT molecular complexity index is 1230. The number of thiocarbonyl (C=S) groups is 1. The third-order valence-corrected chi connectivity index (χ3v) is 6.44. The lowest BCUT2D eigenvalue weighted by molar-refractivity contribution is -0.123. The van der Waals surface area contributed by atoms with Gasteiger partial charge in [-0.2, -0.15) is 0 Å². The number of hydrogen-bond donors (Lipinski definition) is 0. The van der Waals surface area contributed by atoms with Crippen LogP contribution in [0.1, 0.15) is 24.8 Å². The smallest absolute Gasteiger partial charge is 0.272 e. The van der Waals surface area contributed by atoms with Gasteiger partial charge in [0.2, 0.25) is 0 Å².